The van der Waals surface area contributed by atoms with E-state index in [4.69, 9.17) is 18.9 Å². The Bertz CT molecular complexity index is 2150. The number of benzene rings is 5. The standard InChI is InChI=1S/C42H29NO7/c44-38-36-37(39(45)43(38)22-25-10-4-1-5-11-25)42(29-14-8-3-9-15-29)35(27-17-19-31-33(21-27)50-24-48-31)34(26-16-18-30-32(20-26)49-23-47-30)41(36,40(42)46)28-12-6-2-7-13-28/h1-21,36-37H,22-24H2. The maximum absolute atomic E-state index is 16.1. The first kappa shape index (κ1) is 28.8. The maximum Gasteiger partial charge on any atom is 0.235 e. The number of rotatable bonds is 6. The van der Waals surface area contributed by atoms with Gasteiger partial charge in [-0.1, -0.05) is 103 Å². The number of imide groups is 1. The minimum atomic E-state index is -1.53. The van der Waals surface area contributed by atoms with Crippen LogP contribution in [0.4, 0.5) is 0 Å². The van der Waals surface area contributed by atoms with Crippen molar-refractivity contribution in [1.29, 1.82) is 0 Å². The lowest BCUT2D eigenvalue weighted by Gasteiger charge is -2.39. The van der Waals surface area contributed by atoms with E-state index in [1.165, 1.54) is 4.90 Å². The fourth-order valence-electron chi connectivity index (χ4n) is 9.21. The Morgan fingerprint density at radius 3 is 1.40 bits per heavy atom. The van der Waals surface area contributed by atoms with Crippen molar-refractivity contribution in [3.8, 4) is 23.0 Å². The fourth-order valence-corrected chi connectivity index (χ4v) is 9.21. The molecule has 2 aliphatic carbocycles. The predicted octanol–water partition coefficient (Wildman–Crippen LogP) is 6.33. The molecule has 1 saturated heterocycles. The molecule has 8 heteroatoms. The smallest absolute Gasteiger partial charge is 0.235 e. The third-order valence-corrected chi connectivity index (χ3v) is 11.0. The van der Waals surface area contributed by atoms with Gasteiger partial charge in [-0.05, 0) is 63.2 Å². The molecule has 0 radical (unpaired) electrons. The SMILES string of the molecule is O=C1C2C(C(=O)N1Cc1ccccc1)C1(c3ccccc3)C(=O)C2(c2ccccc2)C(c2ccc3c(c2)OCO3)=C1c1ccc2c(c1)OCO2. The minimum absolute atomic E-state index is 0.0791. The maximum atomic E-state index is 16.1. The Kier molecular flexibility index (Phi) is 6.01. The molecule has 244 valence electrons. The van der Waals surface area contributed by atoms with Gasteiger partial charge in [-0.3, -0.25) is 19.3 Å². The Labute approximate surface area is 287 Å². The highest BCUT2D eigenvalue weighted by Crippen LogP contribution is 2.74. The number of Topliss-reactive ketones (excluding diaryl/α,β-unsaturated/α-hetero) is 1. The largest absolute Gasteiger partial charge is 0.454 e. The van der Waals surface area contributed by atoms with Gasteiger partial charge >= 0.3 is 0 Å². The van der Waals surface area contributed by atoms with Crippen LogP contribution in [0.25, 0.3) is 11.1 Å². The molecule has 2 amide bonds. The molecule has 5 aromatic carbocycles. The lowest BCUT2D eigenvalue weighted by Crippen LogP contribution is -2.45. The average molecular weight is 660 g/mol. The Balaban J connectivity index is 1.34. The summed E-state index contributed by atoms with van der Waals surface area (Å²) >= 11 is 0. The predicted molar refractivity (Wildman–Crippen MR) is 182 cm³/mol. The summed E-state index contributed by atoms with van der Waals surface area (Å²) in [7, 11) is 0. The number of carbonyl (C=O) groups is 3. The molecule has 3 heterocycles. The second-order valence-electron chi connectivity index (χ2n) is 13.3. The molecule has 1 saturated carbocycles. The van der Waals surface area contributed by atoms with Crippen LogP contribution in [0.2, 0.25) is 0 Å². The summed E-state index contributed by atoms with van der Waals surface area (Å²) in [5.74, 6) is -0.647. The Morgan fingerprint density at radius 2 is 0.940 bits per heavy atom. The van der Waals surface area contributed by atoms with Crippen LogP contribution in [0.1, 0.15) is 27.8 Å². The summed E-state index contributed by atoms with van der Waals surface area (Å²) < 4.78 is 23.1. The zero-order chi connectivity index (χ0) is 33.6. The van der Waals surface area contributed by atoms with Crippen molar-refractivity contribution >= 4 is 28.7 Å². The highest BCUT2D eigenvalue weighted by molar-refractivity contribution is 6.35. The Morgan fingerprint density at radius 1 is 0.520 bits per heavy atom. The number of ether oxygens (including phenoxy) is 4. The molecule has 50 heavy (non-hydrogen) atoms. The average Bonchev–Trinajstić information content (AvgIpc) is 3.97. The van der Waals surface area contributed by atoms with Crippen molar-refractivity contribution in [3.05, 3.63) is 155 Å². The molecule has 2 fully saturated rings. The third kappa shape index (κ3) is 3.57. The normalized spacial score (nSPS) is 25.5. The molecule has 4 unspecified atom stereocenters. The van der Waals surface area contributed by atoms with E-state index in [2.05, 4.69) is 0 Å². The van der Waals surface area contributed by atoms with Crippen LogP contribution in [0.15, 0.2) is 127 Å². The minimum Gasteiger partial charge on any atom is -0.454 e. The van der Waals surface area contributed by atoms with E-state index in [1.54, 1.807) is 0 Å². The molecule has 10 rings (SSSR count). The molecule has 0 N–H and O–H groups in total. The van der Waals surface area contributed by atoms with E-state index in [0.29, 0.717) is 56.4 Å². The molecule has 0 aromatic heterocycles. The second-order valence-corrected chi connectivity index (χ2v) is 13.3. The van der Waals surface area contributed by atoms with Crippen molar-refractivity contribution in [2.75, 3.05) is 13.6 Å². The first-order valence-electron chi connectivity index (χ1n) is 16.6. The van der Waals surface area contributed by atoms with Gasteiger partial charge in [0.2, 0.25) is 25.4 Å². The highest BCUT2D eigenvalue weighted by atomic mass is 16.7. The molecule has 5 aliphatic rings. The van der Waals surface area contributed by atoms with Crippen LogP contribution < -0.4 is 18.9 Å². The molecule has 2 bridgehead atoms. The molecular formula is C42H29NO7. The molecule has 4 atom stereocenters. The van der Waals surface area contributed by atoms with E-state index in [-0.39, 0.29) is 37.7 Å². The van der Waals surface area contributed by atoms with E-state index in [9.17, 15) is 0 Å². The number of hydrogen-bond donors (Lipinski definition) is 0. The lowest BCUT2D eigenvalue weighted by atomic mass is 9.59. The summed E-state index contributed by atoms with van der Waals surface area (Å²) in [6.07, 6.45) is 0. The van der Waals surface area contributed by atoms with Crippen molar-refractivity contribution in [2.45, 2.75) is 17.4 Å². The van der Waals surface area contributed by atoms with Crippen LogP contribution in [0.5, 0.6) is 23.0 Å². The second kappa shape index (κ2) is 10.4. The zero-order valence-electron chi connectivity index (χ0n) is 26.7. The summed E-state index contributed by atoms with van der Waals surface area (Å²) in [6.45, 7) is 0.263. The topological polar surface area (TPSA) is 91.4 Å². The van der Waals surface area contributed by atoms with Gasteiger partial charge in [0.05, 0.1) is 29.2 Å². The molecule has 0 spiro atoms. The van der Waals surface area contributed by atoms with Crippen molar-refractivity contribution in [2.24, 2.45) is 11.8 Å². The number of fused-ring (bicyclic) bond motifs is 7. The highest BCUT2D eigenvalue weighted by Gasteiger charge is 2.82. The van der Waals surface area contributed by atoms with Gasteiger partial charge in [-0.15, -0.1) is 0 Å². The summed E-state index contributed by atoms with van der Waals surface area (Å²) in [5, 5.41) is 0. The van der Waals surface area contributed by atoms with Gasteiger partial charge in [0.25, 0.3) is 0 Å². The molecule has 3 aliphatic heterocycles. The number of ketones is 1. The number of likely N-dealkylation sites (tertiary alicyclic amines) is 1. The summed E-state index contributed by atoms with van der Waals surface area (Å²) in [5.41, 5.74) is 1.83. The molecule has 5 aromatic rings. The number of amides is 2. The molecule has 8 nitrogen and oxygen atoms in total. The monoisotopic (exact) mass is 659 g/mol. The van der Waals surface area contributed by atoms with E-state index in [0.717, 1.165) is 5.56 Å². The van der Waals surface area contributed by atoms with E-state index >= 15 is 14.4 Å². The third-order valence-electron chi connectivity index (χ3n) is 11.0. The summed E-state index contributed by atoms with van der Waals surface area (Å²) in [6, 6.07) is 39.7. The van der Waals surface area contributed by atoms with E-state index < -0.39 is 22.7 Å². The quantitative estimate of drug-likeness (QED) is 0.197. The first-order valence-corrected chi connectivity index (χ1v) is 16.6. The van der Waals surface area contributed by atoms with Crippen LogP contribution in [0, 0.1) is 11.8 Å². The Hall–Kier alpha value is -6.15. The number of allylic oxidation sites excluding steroid dienone is 2. The van der Waals surface area contributed by atoms with Crippen molar-refractivity contribution in [3.63, 3.8) is 0 Å². The van der Waals surface area contributed by atoms with Gasteiger partial charge in [0.1, 0.15) is 0 Å². The van der Waals surface area contributed by atoms with Crippen molar-refractivity contribution < 1.29 is 33.3 Å². The van der Waals surface area contributed by atoms with Crippen LogP contribution in [-0.4, -0.2) is 36.1 Å². The zero-order valence-corrected chi connectivity index (χ0v) is 26.7. The van der Waals surface area contributed by atoms with Crippen molar-refractivity contribution in [1.82, 2.24) is 4.90 Å². The van der Waals surface area contributed by atoms with Gasteiger partial charge in [0, 0.05) is 0 Å². The van der Waals surface area contributed by atoms with Crippen LogP contribution in [-0.2, 0) is 31.8 Å². The van der Waals surface area contributed by atoms with Crippen LogP contribution >= 0.6 is 0 Å². The summed E-state index contributed by atoms with van der Waals surface area (Å²) in [4.78, 5) is 47.7. The van der Waals surface area contributed by atoms with Gasteiger partial charge < -0.3 is 18.9 Å². The number of nitrogens with zero attached hydrogens (tertiary/aromatic N) is 1. The van der Waals surface area contributed by atoms with Crippen LogP contribution in [0.3, 0.4) is 0 Å². The first-order chi connectivity index (χ1) is 24.5. The van der Waals surface area contributed by atoms with Gasteiger partial charge in [0.15, 0.2) is 28.8 Å². The van der Waals surface area contributed by atoms with E-state index in [1.807, 2.05) is 127 Å². The number of hydrogen-bond acceptors (Lipinski definition) is 7. The van der Waals surface area contributed by atoms with Gasteiger partial charge in [-0.2, -0.15) is 0 Å². The fraction of sp³-hybridized carbons (Fsp3) is 0.167. The molecular weight excluding hydrogens is 630 g/mol. The lowest BCUT2D eigenvalue weighted by molar-refractivity contribution is -0.143. The van der Waals surface area contributed by atoms with Gasteiger partial charge in [-0.25, -0.2) is 0 Å². The number of carbonyl (C=O) groups excluding carboxylic acids is 3.